The van der Waals surface area contributed by atoms with E-state index in [9.17, 15) is 0 Å². The minimum absolute atomic E-state index is 0.606. The summed E-state index contributed by atoms with van der Waals surface area (Å²) in [6.45, 7) is 2.87. The van der Waals surface area contributed by atoms with Crippen molar-refractivity contribution in [2.24, 2.45) is 23.5 Å². The first kappa shape index (κ1) is 11.7. The number of hydrogen-bond acceptors (Lipinski definition) is 4. The van der Waals surface area contributed by atoms with Crippen LogP contribution in [0.5, 0.6) is 0 Å². The number of aromatic amines is 1. The molecule has 0 amide bonds. The van der Waals surface area contributed by atoms with Crippen LogP contribution < -0.4 is 10.6 Å². The number of aromatic nitrogens is 3. The van der Waals surface area contributed by atoms with Crippen LogP contribution in [0.3, 0.4) is 0 Å². The lowest BCUT2D eigenvalue weighted by atomic mass is 9.99. The third kappa shape index (κ3) is 2.14. The van der Waals surface area contributed by atoms with E-state index in [-0.39, 0.29) is 0 Å². The van der Waals surface area contributed by atoms with E-state index in [1.54, 1.807) is 0 Å². The minimum atomic E-state index is 0.606. The molecule has 2 saturated carbocycles. The van der Waals surface area contributed by atoms with Gasteiger partial charge in [0.1, 0.15) is 5.82 Å². The molecule has 1 aromatic heterocycles. The molecule has 2 aliphatic carbocycles. The van der Waals surface area contributed by atoms with Gasteiger partial charge in [-0.15, -0.1) is 5.10 Å². The molecular weight excluding hydrogens is 238 g/mol. The molecule has 0 spiro atoms. The maximum Gasteiger partial charge on any atom is 0.244 e. The fourth-order valence-electron chi connectivity index (χ4n) is 3.97. The van der Waals surface area contributed by atoms with Crippen molar-refractivity contribution in [2.75, 3.05) is 24.5 Å². The molecule has 1 saturated heterocycles. The van der Waals surface area contributed by atoms with Gasteiger partial charge in [-0.1, -0.05) is 0 Å². The molecular formula is C14H23N5. The predicted molar refractivity (Wildman–Crippen MR) is 73.9 cm³/mol. The molecule has 5 nitrogen and oxygen atoms in total. The Hall–Kier alpha value is -1.10. The predicted octanol–water partition coefficient (Wildman–Crippen LogP) is 1.49. The summed E-state index contributed by atoms with van der Waals surface area (Å²) in [5, 5.41) is 7.63. The number of nitrogens with two attached hydrogens (primary N) is 1. The van der Waals surface area contributed by atoms with Crippen LogP contribution in [0.1, 0.15) is 43.8 Å². The van der Waals surface area contributed by atoms with Crippen molar-refractivity contribution in [3.63, 3.8) is 0 Å². The number of nitrogens with zero attached hydrogens (tertiary/aromatic N) is 3. The van der Waals surface area contributed by atoms with Crippen LogP contribution in [0.4, 0.5) is 5.95 Å². The number of rotatable bonds is 3. The van der Waals surface area contributed by atoms with Crippen molar-refractivity contribution < 1.29 is 0 Å². The van der Waals surface area contributed by atoms with Crippen LogP contribution in [0, 0.1) is 17.8 Å². The number of hydrogen-bond donors (Lipinski definition) is 2. The summed E-state index contributed by atoms with van der Waals surface area (Å²) < 4.78 is 0. The minimum Gasteiger partial charge on any atom is -0.339 e. The van der Waals surface area contributed by atoms with Gasteiger partial charge in [0.15, 0.2) is 0 Å². The molecule has 3 fully saturated rings. The summed E-state index contributed by atoms with van der Waals surface area (Å²) in [4.78, 5) is 7.06. The Morgan fingerprint density at radius 2 is 2.11 bits per heavy atom. The highest BCUT2D eigenvalue weighted by molar-refractivity contribution is 5.30. The molecule has 5 heteroatoms. The Bertz CT molecular complexity index is 446. The standard InChI is InChI=1S/C14H23N5/c15-7-9-2-1-3-19(8-9)14-16-13(17-18-14)12-5-10-4-11(10)6-12/h9-12H,1-8,15H2,(H,16,17,18). The Balaban J connectivity index is 1.45. The highest BCUT2D eigenvalue weighted by Gasteiger charge is 2.47. The van der Waals surface area contributed by atoms with Crippen molar-refractivity contribution in [3.05, 3.63) is 5.82 Å². The van der Waals surface area contributed by atoms with E-state index >= 15 is 0 Å². The molecule has 4 rings (SSSR count). The first-order valence-corrected chi connectivity index (χ1v) is 7.70. The molecule has 1 aromatic rings. The molecule has 3 unspecified atom stereocenters. The summed E-state index contributed by atoms with van der Waals surface area (Å²) >= 11 is 0. The third-order valence-electron chi connectivity index (χ3n) is 5.26. The average Bonchev–Trinajstić information content (AvgIpc) is 2.91. The molecule has 0 bridgehead atoms. The Morgan fingerprint density at radius 3 is 2.89 bits per heavy atom. The molecule has 3 N–H and O–H groups in total. The maximum absolute atomic E-state index is 5.79. The Labute approximate surface area is 114 Å². The van der Waals surface area contributed by atoms with Gasteiger partial charge in [-0.25, -0.2) is 0 Å². The van der Waals surface area contributed by atoms with Gasteiger partial charge in [0.05, 0.1) is 0 Å². The van der Waals surface area contributed by atoms with E-state index in [0.717, 1.165) is 43.2 Å². The molecule has 3 atom stereocenters. The average molecular weight is 261 g/mol. The smallest absolute Gasteiger partial charge is 0.244 e. The highest BCUT2D eigenvalue weighted by atomic mass is 15.4. The van der Waals surface area contributed by atoms with Crippen molar-refractivity contribution in [3.8, 4) is 0 Å². The quantitative estimate of drug-likeness (QED) is 0.865. The summed E-state index contributed by atoms with van der Waals surface area (Å²) in [5.74, 6) is 5.26. The Kier molecular flexibility index (Phi) is 2.76. The van der Waals surface area contributed by atoms with E-state index in [0.29, 0.717) is 11.8 Å². The molecule has 19 heavy (non-hydrogen) atoms. The van der Waals surface area contributed by atoms with Gasteiger partial charge in [-0.3, -0.25) is 5.10 Å². The second kappa shape index (κ2) is 4.47. The largest absolute Gasteiger partial charge is 0.339 e. The van der Waals surface area contributed by atoms with Crippen molar-refractivity contribution >= 4 is 5.95 Å². The van der Waals surface area contributed by atoms with Crippen LogP contribution in [0.25, 0.3) is 0 Å². The van der Waals surface area contributed by atoms with Gasteiger partial charge in [0, 0.05) is 19.0 Å². The van der Waals surface area contributed by atoms with Crippen LogP contribution in [0.2, 0.25) is 0 Å². The lowest BCUT2D eigenvalue weighted by molar-refractivity contribution is 0.419. The number of fused-ring (bicyclic) bond motifs is 1. The first-order chi connectivity index (χ1) is 9.33. The molecule has 104 valence electrons. The van der Waals surface area contributed by atoms with Crippen LogP contribution >= 0.6 is 0 Å². The van der Waals surface area contributed by atoms with E-state index in [4.69, 9.17) is 10.7 Å². The van der Waals surface area contributed by atoms with E-state index < -0.39 is 0 Å². The fourth-order valence-corrected chi connectivity index (χ4v) is 3.97. The SMILES string of the molecule is NCC1CCCN(c2n[nH]c(C3CC4CC4C3)n2)C1. The van der Waals surface area contributed by atoms with Gasteiger partial charge < -0.3 is 10.6 Å². The van der Waals surface area contributed by atoms with Gasteiger partial charge in [-0.2, -0.15) is 4.98 Å². The van der Waals surface area contributed by atoms with E-state index in [2.05, 4.69) is 15.1 Å². The normalized spacial score (nSPS) is 37.4. The zero-order valence-electron chi connectivity index (χ0n) is 11.4. The molecule has 0 radical (unpaired) electrons. The van der Waals surface area contributed by atoms with Gasteiger partial charge in [0.25, 0.3) is 0 Å². The fraction of sp³-hybridized carbons (Fsp3) is 0.857. The van der Waals surface area contributed by atoms with Crippen LogP contribution in [-0.4, -0.2) is 34.8 Å². The first-order valence-electron chi connectivity index (χ1n) is 7.70. The molecule has 1 aliphatic heterocycles. The third-order valence-corrected chi connectivity index (χ3v) is 5.26. The maximum atomic E-state index is 5.79. The number of anilines is 1. The monoisotopic (exact) mass is 261 g/mol. The number of nitrogens with one attached hydrogen (secondary N) is 1. The van der Waals surface area contributed by atoms with Gasteiger partial charge in [0.2, 0.25) is 5.95 Å². The van der Waals surface area contributed by atoms with Crippen molar-refractivity contribution in [1.29, 1.82) is 0 Å². The molecule has 3 aliphatic rings. The van der Waals surface area contributed by atoms with E-state index in [1.807, 2.05) is 0 Å². The van der Waals surface area contributed by atoms with Crippen molar-refractivity contribution in [1.82, 2.24) is 15.2 Å². The van der Waals surface area contributed by atoms with Gasteiger partial charge in [-0.05, 0) is 56.4 Å². The zero-order chi connectivity index (χ0) is 12.8. The summed E-state index contributed by atoms with van der Waals surface area (Å²) in [7, 11) is 0. The zero-order valence-corrected chi connectivity index (χ0v) is 11.4. The van der Waals surface area contributed by atoms with E-state index in [1.165, 1.54) is 32.1 Å². The number of piperidine rings is 1. The summed E-state index contributed by atoms with van der Waals surface area (Å²) in [6.07, 6.45) is 6.56. The van der Waals surface area contributed by atoms with Gasteiger partial charge >= 0.3 is 0 Å². The van der Waals surface area contributed by atoms with Crippen LogP contribution in [-0.2, 0) is 0 Å². The Morgan fingerprint density at radius 1 is 1.26 bits per heavy atom. The topological polar surface area (TPSA) is 70.8 Å². The lowest BCUT2D eigenvalue weighted by Crippen LogP contribution is -2.39. The summed E-state index contributed by atoms with van der Waals surface area (Å²) in [5.41, 5.74) is 5.79. The second-order valence-electron chi connectivity index (χ2n) is 6.63. The van der Waals surface area contributed by atoms with Crippen LogP contribution in [0.15, 0.2) is 0 Å². The molecule has 0 aromatic carbocycles. The highest BCUT2D eigenvalue weighted by Crippen LogP contribution is 2.57. The second-order valence-corrected chi connectivity index (χ2v) is 6.63. The molecule has 2 heterocycles. The van der Waals surface area contributed by atoms with Crippen molar-refractivity contribution in [2.45, 2.75) is 38.0 Å². The lowest BCUT2D eigenvalue weighted by Gasteiger charge is -2.31. The summed E-state index contributed by atoms with van der Waals surface area (Å²) in [6, 6.07) is 0. The number of H-pyrrole nitrogens is 1.